The van der Waals surface area contributed by atoms with Crippen molar-refractivity contribution in [2.75, 3.05) is 11.9 Å². The van der Waals surface area contributed by atoms with Crippen LogP contribution in [0.25, 0.3) is 10.8 Å². The van der Waals surface area contributed by atoms with Crippen molar-refractivity contribution in [2.45, 2.75) is 39.2 Å². The molecule has 0 spiro atoms. The SMILES string of the molecule is CCn1nc(C(=O)OCC(=O)Nc2sc3c(c2C(N)=O)CCCC3)c2ccccc2c1=O. The third kappa shape index (κ3) is 4.01. The van der Waals surface area contributed by atoms with Gasteiger partial charge in [-0.1, -0.05) is 18.2 Å². The number of esters is 1. The Balaban J connectivity index is 1.52. The molecule has 0 radical (unpaired) electrons. The first-order chi connectivity index (χ1) is 15.4. The van der Waals surface area contributed by atoms with Gasteiger partial charge in [0.15, 0.2) is 12.3 Å². The number of carbonyl (C=O) groups excluding carboxylic acids is 3. The van der Waals surface area contributed by atoms with Crippen LogP contribution in [0.4, 0.5) is 5.00 Å². The number of thiophene rings is 1. The third-order valence-corrected chi connectivity index (χ3v) is 6.57. The molecular weight excluding hydrogens is 432 g/mol. The van der Waals surface area contributed by atoms with Crippen LogP contribution in [0.1, 0.15) is 51.1 Å². The zero-order valence-electron chi connectivity index (χ0n) is 17.5. The van der Waals surface area contributed by atoms with Crippen LogP contribution in [0.15, 0.2) is 29.1 Å². The molecule has 0 fully saturated rings. The summed E-state index contributed by atoms with van der Waals surface area (Å²) in [6, 6.07) is 6.60. The number of nitrogens with two attached hydrogens (primary N) is 1. The van der Waals surface area contributed by atoms with E-state index in [0.29, 0.717) is 21.3 Å². The van der Waals surface area contributed by atoms with Gasteiger partial charge in [-0.15, -0.1) is 11.3 Å². The van der Waals surface area contributed by atoms with Crippen molar-refractivity contribution in [3.05, 3.63) is 56.3 Å². The van der Waals surface area contributed by atoms with Gasteiger partial charge in [0.1, 0.15) is 5.00 Å². The third-order valence-electron chi connectivity index (χ3n) is 5.37. The number of aryl methyl sites for hydroxylation is 2. The van der Waals surface area contributed by atoms with Crippen LogP contribution in [0.5, 0.6) is 0 Å². The lowest BCUT2D eigenvalue weighted by atomic mass is 9.95. The van der Waals surface area contributed by atoms with E-state index in [1.165, 1.54) is 16.0 Å². The number of nitrogens with zero attached hydrogens (tertiary/aromatic N) is 2. The van der Waals surface area contributed by atoms with Crippen LogP contribution < -0.4 is 16.6 Å². The maximum atomic E-state index is 12.7. The summed E-state index contributed by atoms with van der Waals surface area (Å²) in [4.78, 5) is 50.6. The van der Waals surface area contributed by atoms with Crippen molar-refractivity contribution in [1.29, 1.82) is 0 Å². The molecule has 2 aromatic heterocycles. The molecule has 32 heavy (non-hydrogen) atoms. The number of primary amides is 1. The lowest BCUT2D eigenvalue weighted by Gasteiger charge is -2.11. The molecule has 3 N–H and O–H groups in total. The van der Waals surface area contributed by atoms with E-state index in [0.717, 1.165) is 36.1 Å². The summed E-state index contributed by atoms with van der Waals surface area (Å²) in [6.07, 6.45) is 3.59. The Bertz CT molecular complexity index is 1290. The summed E-state index contributed by atoms with van der Waals surface area (Å²) in [5, 5.41) is 7.83. The Hall–Kier alpha value is -3.53. The van der Waals surface area contributed by atoms with Crippen molar-refractivity contribution < 1.29 is 19.1 Å². The Morgan fingerprint density at radius 3 is 2.62 bits per heavy atom. The number of benzene rings is 1. The summed E-state index contributed by atoms with van der Waals surface area (Å²) < 4.78 is 6.35. The van der Waals surface area contributed by atoms with Gasteiger partial charge < -0.3 is 15.8 Å². The Labute approximate surface area is 187 Å². The van der Waals surface area contributed by atoms with Gasteiger partial charge in [-0.25, -0.2) is 9.48 Å². The van der Waals surface area contributed by atoms with Gasteiger partial charge in [0.05, 0.1) is 10.9 Å². The molecule has 1 aliphatic rings. The van der Waals surface area contributed by atoms with Crippen LogP contribution in [-0.4, -0.2) is 34.2 Å². The standard InChI is InChI=1S/C22H22N4O5S/c1-2-26-21(29)13-8-4-3-7-12(13)18(25-26)22(30)31-11-16(27)24-20-17(19(23)28)14-9-5-6-10-15(14)32-20/h3-4,7-8H,2,5-6,9-11H2,1H3,(H2,23,28)(H,24,27). The van der Waals surface area contributed by atoms with Crippen molar-refractivity contribution >= 4 is 44.9 Å². The van der Waals surface area contributed by atoms with E-state index in [2.05, 4.69) is 10.4 Å². The molecule has 0 atom stereocenters. The molecule has 0 saturated heterocycles. The minimum Gasteiger partial charge on any atom is -0.451 e. The minimum atomic E-state index is -0.820. The van der Waals surface area contributed by atoms with E-state index in [1.807, 2.05) is 0 Å². The first-order valence-electron chi connectivity index (χ1n) is 10.3. The predicted molar refractivity (Wildman–Crippen MR) is 120 cm³/mol. The van der Waals surface area contributed by atoms with Crippen molar-refractivity contribution in [1.82, 2.24) is 9.78 Å². The molecule has 0 bridgehead atoms. The van der Waals surface area contributed by atoms with E-state index >= 15 is 0 Å². The fourth-order valence-corrected chi connectivity index (χ4v) is 5.19. The molecule has 2 amide bonds. The lowest BCUT2D eigenvalue weighted by molar-refractivity contribution is -0.119. The second-order valence-corrected chi connectivity index (χ2v) is 8.52. The number of amides is 2. The number of carbonyl (C=O) groups is 3. The van der Waals surface area contributed by atoms with Crippen molar-refractivity contribution in [2.24, 2.45) is 5.73 Å². The van der Waals surface area contributed by atoms with Gasteiger partial charge in [-0.3, -0.25) is 14.4 Å². The number of rotatable bonds is 6. The van der Waals surface area contributed by atoms with E-state index in [4.69, 9.17) is 10.5 Å². The first kappa shape index (κ1) is 21.7. The van der Waals surface area contributed by atoms with Crippen molar-refractivity contribution in [3.8, 4) is 0 Å². The molecule has 4 rings (SSSR count). The van der Waals surface area contributed by atoms with Gasteiger partial charge in [0.2, 0.25) is 0 Å². The van der Waals surface area contributed by atoms with Crippen LogP contribution in [0, 0.1) is 0 Å². The minimum absolute atomic E-state index is 0.0423. The van der Waals surface area contributed by atoms with Crippen LogP contribution in [0.3, 0.4) is 0 Å². The van der Waals surface area contributed by atoms with Gasteiger partial charge in [-0.2, -0.15) is 5.10 Å². The van der Waals surface area contributed by atoms with Crippen LogP contribution in [-0.2, 0) is 28.9 Å². The zero-order chi connectivity index (χ0) is 22.8. The fourth-order valence-electron chi connectivity index (χ4n) is 3.88. The summed E-state index contributed by atoms with van der Waals surface area (Å²) in [6.45, 7) is 1.45. The Morgan fingerprint density at radius 2 is 1.91 bits per heavy atom. The number of hydrogen-bond donors (Lipinski definition) is 2. The Morgan fingerprint density at radius 1 is 1.19 bits per heavy atom. The maximum absolute atomic E-state index is 12.7. The average Bonchev–Trinajstić information content (AvgIpc) is 3.16. The number of anilines is 1. The molecule has 1 aliphatic carbocycles. The monoisotopic (exact) mass is 454 g/mol. The Kier molecular flexibility index (Phi) is 6.04. The number of fused-ring (bicyclic) bond motifs is 2. The number of hydrogen-bond acceptors (Lipinski definition) is 7. The fraction of sp³-hybridized carbons (Fsp3) is 0.318. The summed E-state index contributed by atoms with van der Waals surface area (Å²) >= 11 is 1.33. The normalized spacial score (nSPS) is 12.9. The largest absolute Gasteiger partial charge is 0.451 e. The van der Waals surface area contributed by atoms with Gasteiger partial charge in [0.25, 0.3) is 17.4 Å². The van der Waals surface area contributed by atoms with Crippen molar-refractivity contribution in [3.63, 3.8) is 0 Å². The molecule has 0 saturated carbocycles. The topological polar surface area (TPSA) is 133 Å². The summed E-state index contributed by atoms with van der Waals surface area (Å²) in [7, 11) is 0. The van der Waals surface area contributed by atoms with Gasteiger partial charge in [0, 0.05) is 16.8 Å². The summed E-state index contributed by atoms with van der Waals surface area (Å²) in [5.74, 6) is -2.00. The quantitative estimate of drug-likeness (QED) is 0.549. The smallest absolute Gasteiger partial charge is 0.359 e. The highest BCUT2D eigenvalue weighted by Gasteiger charge is 2.25. The van der Waals surface area contributed by atoms with E-state index in [9.17, 15) is 19.2 Å². The molecule has 1 aromatic carbocycles. The molecule has 166 valence electrons. The van der Waals surface area contributed by atoms with Crippen LogP contribution >= 0.6 is 11.3 Å². The zero-order valence-corrected chi connectivity index (χ0v) is 18.3. The van der Waals surface area contributed by atoms with E-state index < -0.39 is 24.4 Å². The second kappa shape index (κ2) is 8.91. The van der Waals surface area contributed by atoms with E-state index in [1.54, 1.807) is 31.2 Å². The molecule has 10 heteroatoms. The van der Waals surface area contributed by atoms with Gasteiger partial charge >= 0.3 is 5.97 Å². The highest BCUT2D eigenvalue weighted by atomic mass is 32.1. The van der Waals surface area contributed by atoms with Crippen LogP contribution in [0.2, 0.25) is 0 Å². The molecular formula is C22H22N4O5S. The molecule has 0 aliphatic heterocycles. The molecule has 2 heterocycles. The van der Waals surface area contributed by atoms with Gasteiger partial charge in [-0.05, 0) is 44.2 Å². The van der Waals surface area contributed by atoms with E-state index in [-0.39, 0.29) is 17.8 Å². The lowest BCUT2D eigenvalue weighted by Crippen LogP contribution is -2.27. The second-order valence-electron chi connectivity index (χ2n) is 7.42. The predicted octanol–water partition coefficient (Wildman–Crippen LogP) is 2.25. The highest BCUT2D eigenvalue weighted by Crippen LogP contribution is 2.37. The number of nitrogens with one attached hydrogen (secondary N) is 1. The number of ether oxygens (including phenoxy) is 1. The molecule has 0 unspecified atom stereocenters. The maximum Gasteiger partial charge on any atom is 0.359 e. The highest BCUT2D eigenvalue weighted by molar-refractivity contribution is 7.17. The summed E-state index contributed by atoms with van der Waals surface area (Å²) in [5.41, 5.74) is 6.44. The molecule has 9 nitrogen and oxygen atoms in total. The first-order valence-corrected chi connectivity index (χ1v) is 11.1. The number of aromatic nitrogens is 2. The molecule has 3 aromatic rings. The average molecular weight is 455 g/mol.